The molecule has 2 rings (SSSR count). The number of hydrogen-bond acceptors (Lipinski definition) is 3. The molecule has 1 unspecified atom stereocenters. The van der Waals surface area contributed by atoms with Gasteiger partial charge in [-0.1, -0.05) is 0 Å². The monoisotopic (exact) mass is 274 g/mol. The van der Waals surface area contributed by atoms with Crippen LogP contribution in [0.3, 0.4) is 0 Å². The SMILES string of the molecule is COc1cc(CN2CCC(CC(F)(F)F)C2)ccn1. The molecule has 1 fully saturated rings. The zero-order valence-electron chi connectivity index (χ0n) is 10.8. The Hall–Kier alpha value is -1.30. The van der Waals surface area contributed by atoms with Crippen LogP contribution in [0.2, 0.25) is 0 Å². The Morgan fingerprint density at radius 3 is 2.95 bits per heavy atom. The van der Waals surface area contributed by atoms with Crippen LogP contribution in [-0.2, 0) is 6.54 Å². The van der Waals surface area contributed by atoms with Crippen molar-refractivity contribution < 1.29 is 17.9 Å². The number of alkyl halides is 3. The van der Waals surface area contributed by atoms with E-state index in [-0.39, 0.29) is 5.92 Å². The molecule has 19 heavy (non-hydrogen) atoms. The summed E-state index contributed by atoms with van der Waals surface area (Å²) in [5, 5.41) is 0. The van der Waals surface area contributed by atoms with Gasteiger partial charge < -0.3 is 4.74 Å². The van der Waals surface area contributed by atoms with Crippen LogP contribution < -0.4 is 4.74 Å². The first-order valence-corrected chi connectivity index (χ1v) is 6.24. The molecule has 1 aromatic heterocycles. The fourth-order valence-electron chi connectivity index (χ4n) is 2.47. The van der Waals surface area contributed by atoms with Crippen molar-refractivity contribution in [3.63, 3.8) is 0 Å². The first-order chi connectivity index (χ1) is 8.96. The molecule has 0 aliphatic carbocycles. The third-order valence-corrected chi connectivity index (χ3v) is 3.30. The van der Waals surface area contributed by atoms with E-state index < -0.39 is 12.6 Å². The minimum Gasteiger partial charge on any atom is -0.481 e. The van der Waals surface area contributed by atoms with Crippen LogP contribution in [0.25, 0.3) is 0 Å². The second kappa shape index (κ2) is 5.77. The number of hydrogen-bond donors (Lipinski definition) is 0. The number of nitrogens with zero attached hydrogens (tertiary/aromatic N) is 2. The molecule has 0 saturated carbocycles. The van der Waals surface area contributed by atoms with E-state index in [0.717, 1.165) is 5.56 Å². The highest BCUT2D eigenvalue weighted by atomic mass is 19.4. The van der Waals surface area contributed by atoms with Gasteiger partial charge in [0.25, 0.3) is 0 Å². The van der Waals surface area contributed by atoms with Gasteiger partial charge in [0.05, 0.1) is 7.11 Å². The van der Waals surface area contributed by atoms with Crippen molar-refractivity contribution in [2.24, 2.45) is 5.92 Å². The molecule has 0 radical (unpaired) electrons. The lowest BCUT2D eigenvalue weighted by atomic mass is 10.1. The predicted molar refractivity (Wildman–Crippen MR) is 64.8 cm³/mol. The van der Waals surface area contributed by atoms with Gasteiger partial charge in [0, 0.05) is 31.8 Å². The maximum absolute atomic E-state index is 12.3. The third kappa shape index (κ3) is 4.38. The molecule has 1 saturated heterocycles. The standard InChI is InChI=1S/C13H17F3N2O/c1-19-12-6-10(2-4-17-12)8-18-5-3-11(9-18)7-13(14,15)16/h2,4,6,11H,3,5,7-9H2,1H3. The zero-order valence-corrected chi connectivity index (χ0v) is 10.8. The van der Waals surface area contributed by atoms with E-state index in [1.54, 1.807) is 13.3 Å². The Bertz CT molecular complexity index is 423. The van der Waals surface area contributed by atoms with Gasteiger partial charge in [0.15, 0.2) is 0 Å². The van der Waals surface area contributed by atoms with Crippen LogP contribution in [0.4, 0.5) is 13.2 Å². The molecule has 106 valence electrons. The van der Waals surface area contributed by atoms with Gasteiger partial charge in [-0.05, 0) is 30.5 Å². The highest BCUT2D eigenvalue weighted by Crippen LogP contribution is 2.30. The van der Waals surface area contributed by atoms with Gasteiger partial charge in [0.2, 0.25) is 5.88 Å². The summed E-state index contributed by atoms with van der Waals surface area (Å²) >= 11 is 0. The molecule has 2 heterocycles. The average Bonchev–Trinajstić information content (AvgIpc) is 2.74. The van der Waals surface area contributed by atoms with E-state index >= 15 is 0 Å². The molecule has 1 atom stereocenters. The Labute approximate surface area is 110 Å². The average molecular weight is 274 g/mol. The van der Waals surface area contributed by atoms with Crippen LogP contribution in [0, 0.1) is 5.92 Å². The van der Waals surface area contributed by atoms with Crippen LogP contribution >= 0.6 is 0 Å². The van der Waals surface area contributed by atoms with Crippen molar-refractivity contribution >= 4 is 0 Å². The number of aromatic nitrogens is 1. The first kappa shape index (κ1) is 14.1. The zero-order chi connectivity index (χ0) is 13.9. The molecule has 1 aliphatic rings. The normalized spacial score (nSPS) is 20.7. The fraction of sp³-hybridized carbons (Fsp3) is 0.615. The van der Waals surface area contributed by atoms with Gasteiger partial charge in [-0.15, -0.1) is 0 Å². The van der Waals surface area contributed by atoms with E-state index in [2.05, 4.69) is 4.98 Å². The summed E-state index contributed by atoms with van der Waals surface area (Å²) in [5.41, 5.74) is 1.01. The number of ether oxygens (including phenoxy) is 1. The number of methoxy groups -OCH3 is 1. The van der Waals surface area contributed by atoms with E-state index in [1.165, 1.54) is 0 Å². The summed E-state index contributed by atoms with van der Waals surface area (Å²) in [6.45, 7) is 1.86. The molecule has 0 amide bonds. The lowest BCUT2D eigenvalue weighted by Crippen LogP contribution is -2.22. The number of likely N-dealkylation sites (tertiary alicyclic amines) is 1. The second-order valence-electron chi connectivity index (χ2n) is 4.92. The van der Waals surface area contributed by atoms with Crippen LogP contribution in [-0.4, -0.2) is 36.3 Å². The number of pyridine rings is 1. The summed E-state index contributed by atoms with van der Waals surface area (Å²) in [7, 11) is 1.54. The molecule has 0 aromatic carbocycles. The maximum Gasteiger partial charge on any atom is 0.389 e. The van der Waals surface area contributed by atoms with Crippen molar-refractivity contribution in [2.45, 2.75) is 25.6 Å². The summed E-state index contributed by atoms with van der Waals surface area (Å²) < 4.78 is 42.0. The maximum atomic E-state index is 12.3. The molecule has 3 nitrogen and oxygen atoms in total. The molecule has 1 aliphatic heterocycles. The van der Waals surface area contributed by atoms with Gasteiger partial charge >= 0.3 is 6.18 Å². The highest BCUT2D eigenvalue weighted by Gasteiger charge is 2.35. The van der Waals surface area contributed by atoms with Gasteiger partial charge in [-0.3, -0.25) is 4.90 Å². The second-order valence-corrected chi connectivity index (χ2v) is 4.92. The van der Waals surface area contributed by atoms with Crippen LogP contribution in [0.15, 0.2) is 18.3 Å². The van der Waals surface area contributed by atoms with Crippen LogP contribution in [0.1, 0.15) is 18.4 Å². The van der Waals surface area contributed by atoms with Crippen molar-refractivity contribution in [3.05, 3.63) is 23.9 Å². The lowest BCUT2D eigenvalue weighted by Gasteiger charge is -2.17. The molecule has 1 aromatic rings. The van der Waals surface area contributed by atoms with Crippen molar-refractivity contribution in [3.8, 4) is 5.88 Å². The van der Waals surface area contributed by atoms with Crippen LogP contribution in [0.5, 0.6) is 5.88 Å². The Kier molecular flexibility index (Phi) is 4.29. The molecule has 0 spiro atoms. The largest absolute Gasteiger partial charge is 0.481 e. The summed E-state index contributed by atoms with van der Waals surface area (Å²) in [4.78, 5) is 6.05. The minimum atomic E-state index is -4.05. The third-order valence-electron chi connectivity index (χ3n) is 3.30. The first-order valence-electron chi connectivity index (χ1n) is 6.24. The van der Waals surface area contributed by atoms with Crippen molar-refractivity contribution in [1.29, 1.82) is 0 Å². The Morgan fingerprint density at radius 2 is 2.26 bits per heavy atom. The minimum absolute atomic E-state index is 0.274. The van der Waals surface area contributed by atoms with Gasteiger partial charge in [0.1, 0.15) is 0 Å². The summed E-state index contributed by atoms with van der Waals surface area (Å²) in [6.07, 6.45) is -2.47. The van der Waals surface area contributed by atoms with E-state index in [4.69, 9.17) is 4.74 Å². The smallest absolute Gasteiger partial charge is 0.389 e. The summed E-state index contributed by atoms with van der Waals surface area (Å²) in [6, 6.07) is 3.68. The molecule has 0 bridgehead atoms. The molecule has 6 heteroatoms. The van der Waals surface area contributed by atoms with Gasteiger partial charge in [-0.2, -0.15) is 13.2 Å². The molecular formula is C13H17F3N2O. The Balaban J connectivity index is 1.87. The van der Waals surface area contributed by atoms with E-state index in [9.17, 15) is 13.2 Å². The quantitative estimate of drug-likeness (QED) is 0.844. The van der Waals surface area contributed by atoms with Gasteiger partial charge in [-0.25, -0.2) is 4.98 Å². The number of halogens is 3. The lowest BCUT2D eigenvalue weighted by molar-refractivity contribution is -0.143. The Morgan fingerprint density at radius 1 is 1.47 bits per heavy atom. The topological polar surface area (TPSA) is 25.4 Å². The fourth-order valence-corrected chi connectivity index (χ4v) is 2.47. The predicted octanol–water partition coefficient (Wildman–Crippen LogP) is 2.86. The number of rotatable bonds is 4. The van der Waals surface area contributed by atoms with E-state index in [0.29, 0.717) is 31.9 Å². The van der Waals surface area contributed by atoms with Crippen molar-refractivity contribution in [1.82, 2.24) is 9.88 Å². The summed E-state index contributed by atoms with van der Waals surface area (Å²) in [5.74, 6) is 0.257. The van der Waals surface area contributed by atoms with E-state index in [1.807, 2.05) is 17.0 Å². The molecular weight excluding hydrogens is 257 g/mol. The highest BCUT2D eigenvalue weighted by molar-refractivity contribution is 5.20. The van der Waals surface area contributed by atoms with Crippen molar-refractivity contribution in [2.75, 3.05) is 20.2 Å². The molecule has 0 N–H and O–H groups in total.